The number of fused-ring (bicyclic) bond motifs is 1. The lowest BCUT2D eigenvalue weighted by Crippen LogP contribution is -2.54. The monoisotopic (exact) mass is 500 g/mol. The van der Waals surface area contributed by atoms with Gasteiger partial charge < -0.3 is 19.6 Å². The second-order valence-corrected chi connectivity index (χ2v) is 9.69. The smallest absolute Gasteiger partial charge is 0.323 e. The predicted octanol–water partition coefficient (Wildman–Crippen LogP) is 4.46. The topological polar surface area (TPSA) is 87.2 Å². The van der Waals surface area contributed by atoms with Crippen LogP contribution in [0.1, 0.15) is 46.5 Å². The van der Waals surface area contributed by atoms with E-state index in [0.717, 1.165) is 22.3 Å². The Kier molecular flexibility index (Phi) is 7.92. The molecule has 0 saturated carbocycles. The molecule has 1 atom stereocenters. The summed E-state index contributed by atoms with van der Waals surface area (Å²) in [6, 6.07) is 21.5. The number of hydrogen-bond donors (Lipinski definition) is 1. The zero-order chi connectivity index (χ0) is 26.5. The first-order valence-corrected chi connectivity index (χ1v) is 12.4. The normalized spacial score (nSPS) is 14.7. The molecule has 1 aliphatic rings. The standard InChI is InChI=1S/C30H32N2O5/c1-20(2)37-26-10-6-7-22(15-26)17-31(19-28(33)34)30(36)27-16-24-8-4-5-9-25(24)18-32(27)29(35)23-13-11-21(3)12-14-23/h4-15,20,27H,16-19H2,1-3H3,(H,33,34). The van der Waals surface area contributed by atoms with Gasteiger partial charge >= 0.3 is 5.97 Å². The van der Waals surface area contributed by atoms with E-state index >= 15 is 0 Å². The Hall–Kier alpha value is -4.13. The van der Waals surface area contributed by atoms with E-state index in [1.54, 1.807) is 17.0 Å². The minimum atomic E-state index is -1.12. The molecule has 1 unspecified atom stereocenters. The minimum absolute atomic E-state index is 0.0179. The van der Waals surface area contributed by atoms with E-state index in [1.807, 2.05) is 81.4 Å². The molecule has 7 heteroatoms. The number of nitrogens with zero attached hydrogens (tertiary/aromatic N) is 2. The quantitative estimate of drug-likeness (QED) is 0.493. The van der Waals surface area contributed by atoms with Crippen LogP contribution in [0.2, 0.25) is 0 Å². The van der Waals surface area contributed by atoms with E-state index in [9.17, 15) is 19.5 Å². The van der Waals surface area contributed by atoms with Crippen molar-refractivity contribution >= 4 is 17.8 Å². The first kappa shape index (κ1) is 25.9. The molecular formula is C30H32N2O5. The summed E-state index contributed by atoms with van der Waals surface area (Å²) in [5, 5.41) is 9.62. The summed E-state index contributed by atoms with van der Waals surface area (Å²) in [7, 11) is 0. The molecule has 0 radical (unpaired) electrons. The van der Waals surface area contributed by atoms with Gasteiger partial charge in [0.15, 0.2) is 0 Å². The van der Waals surface area contributed by atoms with Crippen LogP contribution < -0.4 is 4.74 Å². The van der Waals surface area contributed by atoms with Crippen molar-refractivity contribution in [2.75, 3.05) is 6.54 Å². The van der Waals surface area contributed by atoms with Crippen molar-refractivity contribution in [1.82, 2.24) is 9.80 Å². The lowest BCUT2D eigenvalue weighted by atomic mass is 9.92. The van der Waals surface area contributed by atoms with Gasteiger partial charge in [-0.3, -0.25) is 14.4 Å². The second-order valence-electron chi connectivity index (χ2n) is 9.69. The Morgan fingerprint density at radius 2 is 1.70 bits per heavy atom. The number of carbonyl (C=O) groups excluding carboxylic acids is 2. The van der Waals surface area contributed by atoms with Crippen molar-refractivity contribution in [3.05, 3.63) is 101 Å². The van der Waals surface area contributed by atoms with Crippen LogP contribution in [-0.4, -0.2) is 51.4 Å². The highest BCUT2D eigenvalue weighted by molar-refractivity contribution is 5.98. The molecule has 0 spiro atoms. The van der Waals surface area contributed by atoms with Crippen LogP contribution in [-0.2, 0) is 29.1 Å². The van der Waals surface area contributed by atoms with Crippen LogP contribution in [0.25, 0.3) is 0 Å². The minimum Gasteiger partial charge on any atom is -0.491 e. The molecule has 192 valence electrons. The van der Waals surface area contributed by atoms with Crippen LogP contribution in [0.5, 0.6) is 5.75 Å². The number of benzene rings is 3. The number of rotatable bonds is 8. The third-order valence-corrected chi connectivity index (χ3v) is 6.37. The van der Waals surface area contributed by atoms with Gasteiger partial charge in [-0.1, -0.05) is 54.1 Å². The van der Waals surface area contributed by atoms with Crippen molar-refractivity contribution in [2.24, 2.45) is 0 Å². The Morgan fingerprint density at radius 3 is 2.38 bits per heavy atom. The van der Waals surface area contributed by atoms with Gasteiger partial charge in [0.05, 0.1) is 6.10 Å². The van der Waals surface area contributed by atoms with Gasteiger partial charge in [0.2, 0.25) is 5.91 Å². The maximum atomic E-state index is 13.9. The Labute approximate surface area is 217 Å². The maximum Gasteiger partial charge on any atom is 0.323 e. The Balaban J connectivity index is 1.66. The number of aryl methyl sites for hydroxylation is 1. The molecule has 1 N–H and O–H groups in total. The largest absolute Gasteiger partial charge is 0.491 e. The van der Waals surface area contributed by atoms with Crippen molar-refractivity contribution in [2.45, 2.75) is 52.4 Å². The summed E-state index contributed by atoms with van der Waals surface area (Å²) in [6.45, 7) is 5.69. The van der Waals surface area contributed by atoms with Crippen LogP contribution in [0.4, 0.5) is 0 Å². The Morgan fingerprint density at radius 1 is 1.00 bits per heavy atom. The summed E-state index contributed by atoms with van der Waals surface area (Å²) >= 11 is 0. The van der Waals surface area contributed by atoms with E-state index < -0.39 is 24.5 Å². The van der Waals surface area contributed by atoms with Gasteiger partial charge in [-0.15, -0.1) is 0 Å². The number of ether oxygens (including phenoxy) is 1. The Bertz CT molecular complexity index is 1290. The third-order valence-electron chi connectivity index (χ3n) is 6.37. The van der Waals surface area contributed by atoms with Gasteiger partial charge in [-0.25, -0.2) is 0 Å². The zero-order valence-electron chi connectivity index (χ0n) is 21.4. The van der Waals surface area contributed by atoms with Crippen LogP contribution in [0.15, 0.2) is 72.8 Å². The fraction of sp³-hybridized carbons (Fsp3) is 0.300. The van der Waals surface area contributed by atoms with Crippen molar-refractivity contribution < 1.29 is 24.2 Å². The summed E-state index contributed by atoms with van der Waals surface area (Å²) in [5.74, 6) is -1.11. The van der Waals surface area contributed by atoms with Crippen molar-refractivity contribution in [1.29, 1.82) is 0 Å². The highest BCUT2D eigenvalue weighted by Gasteiger charge is 2.37. The predicted molar refractivity (Wildman–Crippen MR) is 140 cm³/mol. The number of amides is 2. The fourth-order valence-corrected chi connectivity index (χ4v) is 4.61. The molecule has 4 rings (SSSR count). The average Bonchev–Trinajstić information content (AvgIpc) is 2.86. The van der Waals surface area contributed by atoms with E-state index in [1.165, 1.54) is 4.90 Å². The molecule has 3 aromatic rings. The average molecular weight is 501 g/mol. The molecule has 1 aliphatic heterocycles. The number of carboxylic acids is 1. The highest BCUT2D eigenvalue weighted by Crippen LogP contribution is 2.27. The molecule has 0 saturated heterocycles. The molecule has 7 nitrogen and oxygen atoms in total. The summed E-state index contributed by atoms with van der Waals surface area (Å²) in [6.07, 6.45) is 0.301. The van der Waals surface area contributed by atoms with Gasteiger partial charge in [-0.05, 0) is 61.7 Å². The van der Waals surface area contributed by atoms with E-state index in [4.69, 9.17) is 4.74 Å². The van der Waals surface area contributed by atoms with E-state index in [2.05, 4.69) is 0 Å². The van der Waals surface area contributed by atoms with Crippen molar-refractivity contribution in [3.8, 4) is 5.75 Å². The van der Waals surface area contributed by atoms with Crippen LogP contribution in [0, 0.1) is 6.92 Å². The lowest BCUT2D eigenvalue weighted by Gasteiger charge is -2.38. The van der Waals surface area contributed by atoms with Gasteiger partial charge in [0.25, 0.3) is 5.91 Å². The second kappa shape index (κ2) is 11.3. The lowest BCUT2D eigenvalue weighted by molar-refractivity contribution is -0.147. The SMILES string of the molecule is Cc1ccc(C(=O)N2Cc3ccccc3CC2C(=O)N(CC(=O)O)Cc2cccc(OC(C)C)c2)cc1. The maximum absolute atomic E-state index is 13.9. The molecule has 1 heterocycles. The molecule has 2 amide bonds. The third kappa shape index (κ3) is 6.36. The molecule has 37 heavy (non-hydrogen) atoms. The number of aliphatic carboxylic acids is 1. The summed E-state index contributed by atoms with van der Waals surface area (Å²) in [4.78, 5) is 42.2. The molecular weight excluding hydrogens is 468 g/mol. The van der Waals surface area contributed by atoms with E-state index in [0.29, 0.717) is 17.7 Å². The number of carbonyl (C=O) groups is 3. The summed E-state index contributed by atoms with van der Waals surface area (Å²) in [5.41, 5.74) is 4.24. The van der Waals surface area contributed by atoms with Gasteiger partial charge in [-0.2, -0.15) is 0 Å². The van der Waals surface area contributed by atoms with Crippen LogP contribution >= 0.6 is 0 Å². The highest BCUT2D eigenvalue weighted by atomic mass is 16.5. The number of carboxylic acid groups (broad SMARTS) is 1. The molecule has 0 aliphatic carbocycles. The van der Waals surface area contributed by atoms with E-state index in [-0.39, 0.29) is 25.1 Å². The zero-order valence-corrected chi connectivity index (χ0v) is 21.4. The van der Waals surface area contributed by atoms with Crippen LogP contribution in [0.3, 0.4) is 0 Å². The molecule has 0 aromatic heterocycles. The number of hydrogen-bond acceptors (Lipinski definition) is 4. The molecule has 0 fully saturated rings. The summed E-state index contributed by atoms with van der Waals surface area (Å²) < 4.78 is 5.77. The first-order valence-electron chi connectivity index (χ1n) is 12.4. The van der Waals surface area contributed by atoms with Crippen molar-refractivity contribution in [3.63, 3.8) is 0 Å². The van der Waals surface area contributed by atoms with Gasteiger partial charge in [0.1, 0.15) is 18.3 Å². The molecule has 3 aromatic carbocycles. The molecule has 0 bridgehead atoms. The fourth-order valence-electron chi connectivity index (χ4n) is 4.61. The first-order chi connectivity index (χ1) is 17.7. The van der Waals surface area contributed by atoms with Gasteiger partial charge in [0, 0.05) is 25.1 Å².